The Hall–Kier alpha value is -1.78. The molecule has 1 aromatic rings. The first-order valence-electron chi connectivity index (χ1n) is 7.80. The summed E-state index contributed by atoms with van der Waals surface area (Å²) in [6.45, 7) is 1.49. The minimum absolute atomic E-state index is 0.0346. The third-order valence-corrected chi connectivity index (χ3v) is 4.06. The molecule has 0 radical (unpaired) electrons. The third-order valence-electron chi connectivity index (χ3n) is 3.83. The molecule has 0 bridgehead atoms. The quantitative estimate of drug-likeness (QED) is 0.621. The number of halogens is 1. The highest BCUT2D eigenvalue weighted by Crippen LogP contribution is 2.29. The van der Waals surface area contributed by atoms with Crippen LogP contribution in [0, 0.1) is 0 Å². The van der Waals surface area contributed by atoms with Crippen LogP contribution in [-0.2, 0) is 14.3 Å². The molecule has 0 spiro atoms. The maximum absolute atomic E-state index is 11.8. The van der Waals surface area contributed by atoms with Crippen molar-refractivity contribution in [1.29, 1.82) is 0 Å². The minimum Gasteiger partial charge on any atom is -0.488 e. The Balaban J connectivity index is 1.54. The van der Waals surface area contributed by atoms with Crippen molar-refractivity contribution in [3.8, 4) is 5.75 Å². The molecule has 1 atom stereocenters. The fraction of sp³-hybridized carbons (Fsp3) is 0.389. The van der Waals surface area contributed by atoms with Gasteiger partial charge in [-0.25, -0.2) is 4.79 Å². The van der Waals surface area contributed by atoms with E-state index in [9.17, 15) is 4.79 Å². The molecule has 0 aromatic heterocycles. The second-order valence-electron chi connectivity index (χ2n) is 5.64. The fourth-order valence-corrected chi connectivity index (χ4v) is 2.78. The van der Waals surface area contributed by atoms with Crippen LogP contribution in [0.25, 0.3) is 6.08 Å². The van der Waals surface area contributed by atoms with E-state index in [0.29, 0.717) is 18.2 Å². The molecule has 0 amide bonds. The summed E-state index contributed by atoms with van der Waals surface area (Å²) in [7, 11) is 0. The number of fused-ring (bicyclic) bond motifs is 1. The van der Waals surface area contributed by atoms with Gasteiger partial charge in [0.2, 0.25) is 0 Å². The van der Waals surface area contributed by atoms with Gasteiger partial charge in [0, 0.05) is 23.3 Å². The highest BCUT2D eigenvalue weighted by Gasteiger charge is 2.15. The van der Waals surface area contributed by atoms with E-state index in [2.05, 4.69) is 0 Å². The maximum atomic E-state index is 11.8. The molecule has 0 saturated carbocycles. The van der Waals surface area contributed by atoms with Crippen LogP contribution in [0.1, 0.15) is 24.8 Å². The van der Waals surface area contributed by atoms with E-state index >= 15 is 0 Å². The van der Waals surface area contributed by atoms with Crippen LogP contribution in [0.3, 0.4) is 0 Å². The monoisotopic (exact) mass is 334 g/mol. The smallest absolute Gasteiger partial charge is 0.330 e. The first kappa shape index (κ1) is 16.1. The molecule has 1 unspecified atom stereocenters. The number of hydrogen-bond acceptors (Lipinski definition) is 4. The Labute approximate surface area is 140 Å². The summed E-state index contributed by atoms with van der Waals surface area (Å²) in [6.07, 6.45) is 8.30. The number of esters is 1. The molecule has 5 heteroatoms. The van der Waals surface area contributed by atoms with Crippen LogP contribution in [0.15, 0.2) is 35.9 Å². The molecule has 1 aromatic carbocycles. The van der Waals surface area contributed by atoms with Gasteiger partial charge in [0.25, 0.3) is 0 Å². The summed E-state index contributed by atoms with van der Waals surface area (Å²) in [5.74, 6) is 0.431. The maximum Gasteiger partial charge on any atom is 0.330 e. The first-order valence-corrected chi connectivity index (χ1v) is 8.18. The Morgan fingerprint density at radius 3 is 3.13 bits per heavy atom. The highest BCUT2D eigenvalue weighted by atomic mass is 35.5. The largest absolute Gasteiger partial charge is 0.488 e. The van der Waals surface area contributed by atoms with Gasteiger partial charge < -0.3 is 14.2 Å². The summed E-state index contributed by atoms with van der Waals surface area (Å²) < 4.78 is 16.4. The summed E-state index contributed by atoms with van der Waals surface area (Å²) in [4.78, 5) is 11.8. The van der Waals surface area contributed by atoms with Crippen LogP contribution in [0.4, 0.5) is 0 Å². The number of carbonyl (C=O) groups is 1. The zero-order valence-corrected chi connectivity index (χ0v) is 13.6. The highest BCUT2D eigenvalue weighted by molar-refractivity contribution is 6.30. The predicted octanol–water partition coefficient (Wildman–Crippen LogP) is 3.78. The Kier molecular flexibility index (Phi) is 5.36. The lowest BCUT2D eigenvalue weighted by molar-refractivity contribution is -0.143. The standard InChI is InChI=1S/C18H19ClO4/c19-15-5-6-17-14(10-15)9-13(11-22-17)4-7-18(20)23-12-16-3-1-2-8-21-16/h4-7,9-10,16H,1-3,8,11-12H2/b7-4+. The third kappa shape index (κ3) is 4.60. The Morgan fingerprint density at radius 1 is 1.39 bits per heavy atom. The molecule has 23 heavy (non-hydrogen) atoms. The first-order chi connectivity index (χ1) is 11.2. The van der Waals surface area contributed by atoms with E-state index in [4.69, 9.17) is 25.8 Å². The molecular weight excluding hydrogens is 316 g/mol. The van der Waals surface area contributed by atoms with Crippen LogP contribution >= 0.6 is 11.6 Å². The topological polar surface area (TPSA) is 44.8 Å². The number of rotatable bonds is 4. The zero-order valence-electron chi connectivity index (χ0n) is 12.8. The van der Waals surface area contributed by atoms with Crippen molar-refractivity contribution in [2.75, 3.05) is 19.8 Å². The molecule has 2 heterocycles. The molecule has 0 aliphatic carbocycles. The normalized spacial score (nSPS) is 20.6. The molecule has 1 saturated heterocycles. The van der Waals surface area contributed by atoms with E-state index in [-0.39, 0.29) is 12.1 Å². The van der Waals surface area contributed by atoms with Gasteiger partial charge >= 0.3 is 5.97 Å². The SMILES string of the molecule is O=C(/C=C/C1=Cc2cc(Cl)ccc2OC1)OCC1CCCCO1. The molecule has 2 aliphatic heterocycles. The van der Waals surface area contributed by atoms with Gasteiger partial charge in [-0.2, -0.15) is 0 Å². The summed E-state index contributed by atoms with van der Waals surface area (Å²) in [5, 5.41) is 0.653. The van der Waals surface area contributed by atoms with E-state index in [1.165, 1.54) is 6.08 Å². The minimum atomic E-state index is -0.364. The van der Waals surface area contributed by atoms with Crippen molar-refractivity contribution < 1.29 is 19.0 Å². The van der Waals surface area contributed by atoms with Gasteiger partial charge in [-0.1, -0.05) is 11.6 Å². The van der Waals surface area contributed by atoms with E-state index < -0.39 is 0 Å². The molecular formula is C18H19ClO4. The fourth-order valence-electron chi connectivity index (χ4n) is 2.60. The van der Waals surface area contributed by atoms with Gasteiger partial charge in [-0.05, 0) is 55.2 Å². The lowest BCUT2D eigenvalue weighted by Crippen LogP contribution is -2.25. The molecule has 0 N–H and O–H groups in total. The van der Waals surface area contributed by atoms with Gasteiger partial charge in [0.15, 0.2) is 0 Å². The van der Waals surface area contributed by atoms with Crippen molar-refractivity contribution in [2.45, 2.75) is 25.4 Å². The lowest BCUT2D eigenvalue weighted by Gasteiger charge is -2.21. The van der Waals surface area contributed by atoms with Crippen molar-refractivity contribution in [1.82, 2.24) is 0 Å². The number of hydrogen-bond donors (Lipinski definition) is 0. The summed E-state index contributed by atoms with van der Waals surface area (Å²) >= 11 is 5.98. The average molecular weight is 335 g/mol. The second-order valence-corrected chi connectivity index (χ2v) is 6.08. The summed E-state index contributed by atoms with van der Waals surface area (Å²) in [6, 6.07) is 5.47. The van der Waals surface area contributed by atoms with Crippen LogP contribution < -0.4 is 4.74 Å². The van der Waals surface area contributed by atoms with E-state index in [0.717, 1.165) is 42.8 Å². The van der Waals surface area contributed by atoms with Crippen LogP contribution in [0.2, 0.25) is 5.02 Å². The number of carbonyl (C=O) groups excluding carboxylic acids is 1. The molecule has 122 valence electrons. The van der Waals surface area contributed by atoms with E-state index in [1.54, 1.807) is 12.1 Å². The van der Waals surface area contributed by atoms with Crippen molar-refractivity contribution >= 4 is 23.6 Å². The average Bonchev–Trinajstić information content (AvgIpc) is 2.58. The van der Waals surface area contributed by atoms with Gasteiger partial charge in [-0.3, -0.25) is 0 Å². The number of benzene rings is 1. The molecule has 2 aliphatic rings. The molecule has 1 fully saturated rings. The zero-order chi connectivity index (χ0) is 16.1. The van der Waals surface area contributed by atoms with E-state index in [1.807, 2.05) is 18.2 Å². The van der Waals surface area contributed by atoms with Crippen molar-refractivity contribution in [2.24, 2.45) is 0 Å². The van der Waals surface area contributed by atoms with Gasteiger partial charge in [-0.15, -0.1) is 0 Å². The molecule has 4 nitrogen and oxygen atoms in total. The van der Waals surface area contributed by atoms with Gasteiger partial charge in [0.05, 0.1) is 6.10 Å². The van der Waals surface area contributed by atoms with Crippen LogP contribution in [0.5, 0.6) is 5.75 Å². The van der Waals surface area contributed by atoms with Crippen molar-refractivity contribution in [3.63, 3.8) is 0 Å². The van der Waals surface area contributed by atoms with Crippen molar-refractivity contribution in [3.05, 3.63) is 46.5 Å². The van der Waals surface area contributed by atoms with Crippen LogP contribution in [-0.4, -0.2) is 31.9 Å². The Bertz CT molecular complexity index is 630. The second kappa shape index (κ2) is 7.66. The Morgan fingerprint density at radius 2 is 2.30 bits per heavy atom. The molecule has 3 rings (SSSR count). The van der Waals surface area contributed by atoms with Gasteiger partial charge in [0.1, 0.15) is 19.0 Å². The number of ether oxygens (including phenoxy) is 3. The summed E-state index contributed by atoms with van der Waals surface area (Å²) in [5.41, 5.74) is 1.80. The lowest BCUT2D eigenvalue weighted by atomic mass is 10.1. The predicted molar refractivity (Wildman–Crippen MR) is 88.6 cm³/mol.